The average Bonchev–Trinajstić information content (AvgIpc) is 2.87. The van der Waals surface area contributed by atoms with Crippen LogP contribution in [-0.4, -0.2) is 58.8 Å². The van der Waals surface area contributed by atoms with Crippen molar-refractivity contribution < 1.29 is 24.3 Å². The second-order valence-corrected chi connectivity index (χ2v) is 8.29. The van der Waals surface area contributed by atoms with Gasteiger partial charge in [0.15, 0.2) is 6.61 Å². The molecular weight excluding hydrogens is 506 g/mol. The van der Waals surface area contributed by atoms with Gasteiger partial charge in [0.2, 0.25) is 0 Å². The fourth-order valence-corrected chi connectivity index (χ4v) is 3.86. The fraction of sp³-hybridized carbons (Fsp3) is 0.208. The quantitative estimate of drug-likeness (QED) is 0.295. The number of halogens is 1. The predicted molar refractivity (Wildman–Crippen MR) is 137 cm³/mol. The molecule has 13 heteroatoms. The summed E-state index contributed by atoms with van der Waals surface area (Å²) in [5, 5.41) is 23.6. The number of aromatic nitrogens is 2. The summed E-state index contributed by atoms with van der Waals surface area (Å²) in [5.41, 5.74) is 0.0541. The van der Waals surface area contributed by atoms with Crippen LogP contribution in [0.4, 0.5) is 17.1 Å². The van der Waals surface area contributed by atoms with Gasteiger partial charge in [-0.05, 0) is 42.0 Å². The van der Waals surface area contributed by atoms with Crippen molar-refractivity contribution in [3.05, 3.63) is 79.3 Å². The van der Waals surface area contributed by atoms with Crippen LogP contribution in [0.25, 0.3) is 12.2 Å². The normalized spacial score (nSPS) is 13.5. The highest BCUT2D eigenvalue weighted by atomic mass is 35.5. The maximum Gasteiger partial charge on any atom is 0.395 e. The molecule has 0 radical (unpaired) electrons. The molecule has 0 saturated carbocycles. The predicted octanol–water partition coefficient (Wildman–Crippen LogP) is 3.06. The summed E-state index contributed by atoms with van der Waals surface area (Å²) in [6, 6.07) is 12.0. The number of anilines is 2. The van der Waals surface area contributed by atoms with E-state index in [0.717, 1.165) is 18.8 Å². The van der Waals surface area contributed by atoms with Gasteiger partial charge in [-0.25, -0.2) is 0 Å². The largest absolute Gasteiger partial charge is 0.488 e. The van der Waals surface area contributed by atoms with Crippen LogP contribution in [0.3, 0.4) is 0 Å². The van der Waals surface area contributed by atoms with E-state index in [2.05, 4.69) is 20.2 Å². The number of H-pyrrole nitrogens is 1. The lowest BCUT2D eigenvalue weighted by Crippen LogP contribution is -2.36. The Kier molecular flexibility index (Phi) is 8.01. The molecule has 1 aliphatic rings. The molecule has 2 heterocycles. The number of hydrogen-bond donors (Lipinski definition) is 3. The van der Waals surface area contributed by atoms with Crippen LogP contribution in [0.15, 0.2) is 47.3 Å². The Morgan fingerprint density at radius 2 is 1.97 bits per heavy atom. The molecule has 4 rings (SSSR count). The number of aromatic hydroxyl groups is 1. The SMILES string of the molecule is O=C(COc1ccc(/C=C/c2nc(O)c([N+](=O)[O-])c(=O)[nH]2)cc1)Nc1ccc(N2CCOCC2)c(Cl)c1. The van der Waals surface area contributed by atoms with E-state index in [1.807, 2.05) is 6.07 Å². The standard InChI is InChI=1S/C24H22ClN5O7/c25-18-13-16(4-7-19(18)29-9-11-36-12-10-29)26-21(31)14-37-17-5-1-15(2-6-17)3-8-20-27-23(32)22(30(34)35)24(33)28-20/h1-8,13H,9-12,14H2,(H,26,31)(H2,27,28,32,33)/b8-3+. The zero-order valence-electron chi connectivity index (χ0n) is 19.3. The smallest absolute Gasteiger partial charge is 0.395 e. The number of carbonyl (C=O) groups excluding carboxylic acids is 1. The second-order valence-electron chi connectivity index (χ2n) is 7.89. The highest BCUT2D eigenvalue weighted by Crippen LogP contribution is 2.29. The van der Waals surface area contributed by atoms with Gasteiger partial charge in [-0.3, -0.25) is 19.7 Å². The Morgan fingerprint density at radius 3 is 2.62 bits per heavy atom. The first-order valence-corrected chi connectivity index (χ1v) is 11.5. The van der Waals surface area contributed by atoms with Gasteiger partial charge < -0.3 is 29.8 Å². The molecular formula is C24H22ClN5O7. The van der Waals surface area contributed by atoms with E-state index in [9.17, 15) is 24.8 Å². The highest BCUT2D eigenvalue weighted by molar-refractivity contribution is 6.33. The Hall–Kier alpha value is -4.42. The number of rotatable bonds is 8. The van der Waals surface area contributed by atoms with Gasteiger partial charge in [-0.2, -0.15) is 4.98 Å². The number of nitro groups is 1. The summed E-state index contributed by atoms with van der Waals surface area (Å²) in [5.74, 6) is -0.923. The van der Waals surface area contributed by atoms with Crippen LogP contribution in [0.2, 0.25) is 5.02 Å². The number of nitrogens with zero attached hydrogens (tertiary/aromatic N) is 3. The van der Waals surface area contributed by atoms with Crippen molar-refractivity contribution in [3.8, 4) is 11.6 Å². The number of morpholine rings is 1. The van der Waals surface area contributed by atoms with Crippen LogP contribution in [0, 0.1) is 10.1 Å². The first-order valence-electron chi connectivity index (χ1n) is 11.1. The first kappa shape index (κ1) is 25.7. The summed E-state index contributed by atoms with van der Waals surface area (Å²) in [4.78, 5) is 41.7. The zero-order chi connectivity index (χ0) is 26.4. The maximum absolute atomic E-state index is 12.3. The third-order valence-corrected chi connectivity index (χ3v) is 5.65. The van der Waals surface area contributed by atoms with E-state index in [1.54, 1.807) is 42.5 Å². The Labute approximate surface area is 215 Å². The Morgan fingerprint density at radius 1 is 1.24 bits per heavy atom. The Bertz CT molecular complexity index is 1390. The molecule has 0 unspecified atom stereocenters. The number of benzene rings is 2. The van der Waals surface area contributed by atoms with E-state index in [4.69, 9.17) is 21.1 Å². The zero-order valence-corrected chi connectivity index (χ0v) is 20.1. The molecule has 1 aromatic heterocycles. The monoisotopic (exact) mass is 527 g/mol. The maximum atomic E-state index is 12.3. The van der Waals surface area contributed by atoms with Crippen LogP contribution in [-0.2, 0) is 9.53 Å². The summed E-state index contributed by atoms with van der Waals surface area (Å²) < 4.78 is 10.9. The lowest BCUT2D eigenvalue weighted by Gasteiger charge is -2.29. The Balaban J connectivity index is 1.30. The van der Waals surface area contributed by atoms with Crippen molar-refractivity contribution >= 4 is 46.7 Å². The molecule has 1 fully saturated rings. The van der Waals surface area contributed by atoms with Gasteiger partial charge >= 0.3 is 11.2 Å². The molecule has 3 aromatic rings. The van der Waals surface area contributed by atoms with Crippen LogP contribution in [0.1, 0.15) is 11.4 Å². The minimum atomic E-state index is -1.06. The summed E-state index contributed by atoms with van der Waals surface area (Å²) in [7, 11) is 0. The van der Waals surface area contributed by atoms with Gasteiger partial charge in [0.25, 0.3) is 11.8 Å². The molecule has 0 atom stereocenters. The molecule has 1 aliphatic heterocycles. The molecule has 3 N–H and O–H groups in total. The van der Waals surface area contributed by atoms with E-state index < -0.39 is 22.0 Å². The minimum Gasteiger partial charge on any atom is -0.488 e. The molecule has 192 valence electrons. The number of carbonyl (C=O) groups is 1. The molecule has 1 saturated heterocycles. The van der Waals surface area contributed by atoms with Crippen LogP contribution in [0.5, 0.6) is 11.6 Å². The number of aromatic amines is 1. The van der Waals surface area contributed by atoms with Crippen LogP contribution < -0.4 is 20.5 Å². The van der Waals surface area contributed by atoms with E-state index in [0.29, 0.717) is 35.2 Å². The van der Waals surface area contributed by atoms with Gasteiger partial charge in [0.05, 0.1) is 28.8 Å². The molecule has 0 spiro atoms. The summed E-state index contributed by atoms with van der Waals surface area (Å²) in [6.45, 7) is 2.58. The van der Waals surface area contributed by atoms with Crippen molar-refractivity contribution in [1.82, 2.24) is 9.97 Å². The van der Waals surface area contributed by atoms with Gasteiger partial charge in [0, 0.05) is 18.8 Å². The number of nitrogens with one attached hydrogen (secondary N) is 2. The lowest BCUT2D eigenvalue weighted by molar-refractivity contribution is -0.387. The number of ether oxygens (including phenoxy) is 2. The minimum absolute atomic E-state index is 0.0526. The van der Waals surface area contributed by atoms with E-state index >= 15 is 0 Å². The third kappa shape index (κ3) is 6.63. The fourth-order valence-electron chi connectivity index (χ4n) is 3.56. The van der Waals surface area contributed by atoms with Crippen molar-refractivity contribution in [2.75, 3.05) is 43.1 Å². The van der Waals surface area contributed by atoms with Crippen molar-refractivity contribution in [3.63, 3.8) is 0 Å². The van der Waals surface area contributed by atoms with Crippen LogP contribution >= 0.6 is 11.6 Å². The summed E-state index contributed by atoms with van der Waals surface area (Å²) >= 11 is 6.40. The van der Waals surface area contributed by atoms with Crippen molar-refractivity contribution in [1.29, 1.82) is 0 Å². The molecule has 2 aromatic carbocycles. The average molecular weight is 528 g/mol. The first-order chi connectivity index (χ1) is 17.8. The van der Waals surface area contributed by atoms with E-state index in [1.165, 1.54) is 6.08 Å². The molecule has 37 heavy (non-hydrogen) atoms. The molecule has 0 bridgehead atoms. The van der Waals surface area contributed by atoms with Crippen molar-refractivity contribution in [2.24, 2.45) is 0 Å². The number of amides is 1. The molecule has 1 amide bonds. The van der Waals surface area contributed by atoms with E-state index in [-0.39, 0.29) is 18.3 Å². The molecule has 12 nitrogen and oxygen atoms in total. The topological polar surface area (TPSA) is 160 Å². The highest BCUT2D eigenvalue weighted by Gasteiger charge is 2.21. The number of hydrogen-bond acceptors (Lipinski definition) is 9. The van der Waals surface area contributed by atoms with Crippen molar-refractivity contribution in [2.45, 2.75) is 0 Å². The second kappa shape index (κ2) is 11.5. The lowest BCUT2D eigenvalue weighted by atomic mass is 10.2. The van der Waals surface area contributed by atoms with Gasteiger partial charge in [-0.15, -0.1) is 0 Å². The third-order valence-electron chi connectivity index (χ3n) is 5.34. The van der Waals surface area contributed by atoms with Gasteiger partial charge in [0.1, 0.15) is 11.6 Å². The van der Waals surface area contributed by atoms with Gasteiger partial charge in [-0.1, -0.05) is 29.8 Å². The molecule has 0 aliphatic carbocycles. The summed E-state index contributed by atoms with van der Waals surface area (Å²) in [6.07, 6.45) is 2.95.